The van der Waals surface area contributed by atoms with Crippen molar-refractivity contribution in [3.63, 3.8) is 0 Å². The van der Waals surface area contributed by atoms with Crippen LogP contribution in [0.1, 0.15) is 18.4 Å². The topological polar surface area (TPSA) is 66.4 Å². The Morgan fingerprint density at radius 1 is 1.26 bits per heavy atom. The predicted molar refractivity (Wildman–Crippen MR) is 64.6 cm³/mol. The lowest BCUT2D eigenvalue weighted by Gasteiger charge is -2.14. The zero-order chi connectivity index (χ0) is 14.6. The van der Waals surface area contributed by atoms with Crippen LogP contribution in [-0.2, 0) is 15.8 Å². The van der Waals surface area contributed by atoms with Gasteiger partial charge in [-0.3, -0.25) is 9.59 Å². The number of hydrogen-bond acceptors (Lipinski definition) is 2. The quantitative estimate of drug-likeness (QED) is 0.884. The average Bonchev–Trinajstić information content (AvgIpc) is 2.27. The van der Waals surface area contributed by atoms with Gasteiger partial charge < -0.3 is 10.4 Å². The molecule has 104 valence electrons. The number of amides is 1. The molecule has 0 aliphatic rings. The lowest BCUT2D eigenvalue weighted by atomic mass is 10.1. The fourth-order valence-corrected chi connectivity index (χ4v) is 1.65. The minimum Gasteiger partial charge on any atom is -0.481 e. The summed E-state index contributed by atoms with van der Waals surface area (Å²) < 4.78 is 38.4. The summed E-state index contributed by atoms with van der Waals surface area (Å²) in [6.45, 7) is 0. The molecule has 0 radical (unpaired) electrons. The number of rotatable bonds is 4. The highest BCUT2D eigenvalue weighted by atomic mass is 79.9. The van der Waals surface area contributed by atoms with Crippen molar-refractivity contribution in [2.45, 2.75) is 19.0 Å². The summed E-state index contributed by atoms with van der Waals surface area (Å²) in [5.41, 5.74) is -1.39. The third-order valence-corrected chi connectivity index (χ3v) is 2.62. The highest BCUT2D eigenvalue weighted by Gasteiger charge is 2.34. The van der Waals surface area contributed by atoms with Crippen LogP contribution in [0.25, 0.3) is 0 Å². The number of aliphatic carboxylic acids is 1. The second-order valence-corrected chi connectivity index (χ2v) is 4.55. The van der Waals surface area contributed by atoms with Crippen LogP contribution >= 0.6 is 15.9 Å². The number of carboxylic acid groups (broad SMARTS) is 1. The molecule has 0 aromatic heterocycles. The third kappa shape index (κ3) is 4.90. The first-order chi connectivity index (χ1) is 8.70. The number of nitrogens with one attached hydrogen (secondary N) is 1. The zero-order valence-electron chi connectivity index (χ0n) is 9.42. The first-order valence-corrected chi connectivity index (χ1v) is 5.88. The summed E-state index contributed by atoms with van der Waals surface area (Å²) in [5, 5.41) is 10.4. The Morgan fingerprint density at radius 3 is 2.42 bits per heavy atom. The van der Waals surface area contributed by atoms with Crippen LogP contribution in [0.2, 0.25) is 0 Å². The minimum atomic E-state index is -4.61. The van der Waals surface area contributed by atoms with E-state index in [2.05, 4.69) is 21.2 Å². The Morgan fingerprint density at radius 2 is 1.89 bits per heavy atom. The standard InChI is InChI=1S/C11H9BrF3NO3/c12-6-1-2-8(7(5-6)11(13,14)15)16-9(17)3-4-10(18)19/h1-2,5H,3-4H2,(H,16,17)(H,18,19). The Labute approximate surface area is 114 Å². The maximum atomic E-state index is 12.7. The molecule has 1 aromatic rings. The van der Waals surface area contributed by atoms with Crippen molar-refractivity contribution < 1.29 is 27.9 Å². The van der Waals surface area contributed by atoms with E-state index >= 15 is 0 Å². The lowest BCUT2D eigenvalue weighted by Crippen LogP contribution is -2.17. The van der Waals surface area contributed by atoms with Crippen LogP contribution < -0.4 is 5.32 Å². The normalized spacial score (nSPS) is 11.2. The van der Waals surface area contributed by atoms with Gasteiger partial charge in [-0.05, 0) is 18.2 Å². The van der Waals surface area contributed by atoms with Crippen molar-refractivity contribution in [1.29, 1.82) is 0 Å². The second-order valence-electron chi connectivity index (χ2n) is 3.63. The fourth-order valence-electron chi connectivity index (χ4n) is 1.29. The van der Waals surface area contributed by atoms with Crippen LogP contribution in [0.4, 0.5) is 18.9 Å². The highest BCUT2D eigenvalue weighted by molar-refractivity contribution is 9.10. The molecule has 4 nitrogen and oxygen atoms in total. The Balaban J connectivity index is 2.89. The number of carbonyl (C=O) groups excluding carboxylic acids is 1. The largest absolute Gasteiger partial charge is 0.481 e. The Kier molecular flexibility index (Phi) is 4.93. The van der Waals surface area contributed by atoms with E-state index in [1.54, 1.807) is 0 Å². The molecule has 1 amide bonds. The lowest BCUT2D eigenvalue weighted by molar-refractivity contribution is -0.139. The molecular formula is C11H9BrF3NO3. The summed E-state index contributed by atoms with van der Waals surface area (Å²) >= 11 is 2.91. The van der Waals surface area contributed by atoms with Crippen LogP contribution in [0.15, 0.2) is 22.7 Å². The van der Waals surface area contributed by atoms with E-state index in [-0.39, 0.29) is 10.9 Å². The predicted octanol–water partition coefficient (Wildman–Crippen LogP) is 3.27. The monoisotopic (exact) mass is 339 g/mol. The van der Waals surface area contributed by atoms with E-state index in [0.29, 0.717) is 0 Å². The fraction of sp³-hybridized carbons (Fsp3) is 0.273. The van der Waals surface area contributed by atoms with Gasteiger partial charge in [-0.2, -0.15) is 13.2 Å². The number of carboxylic acids is 1. The highest BCUT2D eigenvalue weighted by Crippen LogP contribution is 2.36. The first-order valence-electron chi connectivity index (χ1n) is 5.08. The van der Waals surface area contributed by atoms with Gasteiger partial charge in [0.2, 0.25) is 5.91 Å². The Bertz CT molecular complexity index is 502. The van der Waals surface area contributed by atoms with E-state index in [9.17, 15) is 22.8 Å². The van der Waals surface area contributed by atoms with E-state index in [1.807, 2.05) is 0 Å². The van der Waals surface area contributed by atoms with E-state index < -0.39 is 35.7 Å². The van der Waals surface area contributed by atoms with Gasteiger partial charge >= 0.3 is 12.1 Å². The summed E-state index contributed by atoms with van der Waals surface area (Å²) in [6, 6.07) is 3.29. The molecule has 0 fully saturated rings. The molecule has 0 heterocycles. The number of alkyl halides is 3. The number of carbonyl (C=O) groups is 2. The molecule has 0 spiro atoms. The van der Waals surface area contributed by atoms with Crippen LogP contribution in [0.3, 0.4) is 0 Å². The van der Waals surface area contributed by atoms with Crippen LogP contribution in [-0.4, -0.2) is 17.0 Å². The van der Waals surface area contributed by atoms with Gasteiger partial charge in [0.15, 0.2) is 0 Å². The molecule has 0 bridgehead atoms. The third-order valence-electron chi connectivity index (χ3n) is 2.13. The van der Waals surface area contributed by atoms with Gasteiger partial charge in [0, 0.05) is 10.9 Å². The molecule has 0 atom stereocenters. The van der Waals surface area contributed by atoms with Crippen molar-refractivity contribution in [3.05, 3.63) is 28.2 Å². The molecule has 0 unspecified atom stereocenters. The van der Waals surface area contributed by atoms with Gasteiger partial charge in [0.1, 0.15) is 0 Å². The van der Waals surface area contributed by atoms with Crippen molar-refractivity contribution in [2.75, 3.05) is 5.32 Å². The summed E-state index contributed by atoms with van der Waals surface area (Å²) in [5.74, 6) is -1.97. The molecule has 1 rings (SSSR count). The Hall–Kier alpha value is -1.57. The van der Waals surface area contributed by atoms with Gasteiger partial charge in [-0.1, -0.05) is 15.9 Å². The van der Waals surface area contributed by atoms with E-state index in [4.69, 9.17) is 5.11 Å². The number of halogens is 4. The number of anilines is 1. The second kappa shape index (κ2) is 6.05. The molecule has 0 aliphatic heterocycles. The van der Waals surface area contributed by atoms with E-state index in [1.165, 1.54) is 6.07 Å². The first kappa shape index (κ1) is 15.5. The molecule has 8 heteroatoms. The van der Waals surface area contributed by atoms with Crippen molar-refractivity contribution in [2.24, 2.45) is 0 Å². The summed E-state index contributed by atoms with van der Waals surface area (Å²) in [6.07, 6.45) is -5.44. The summed E-state index contributed by atoms with van der Waals surface area (Å²) in [7, 11) is 0. The van der Waals surface area contributed by atoms with Crippen LogP contribution in [0, 0.1) is 0 Å². The maximum absolute atomic E-state index is 12.7. The molecule has 2 N–H and O–H groups in total. The van der Waals surface area contributed by atoms with Gasteiger partial charge in [0.25, 0.3) is 0 Å². The molecule has 19 heavy (non-hydrogen) atoms. The molecular weight excluding hydrogens is 331 g/mol. The molecule has 0 saturated heterocycles. The average molecular weight is 340 g/mol. The molecule has 0 saturated carbocycles. The van der Waals surface area contributed by atoms with Gasteiger partial charge in [-0.25, -0.2) is 0 Å². The van der Waals surface area contributed by atoms with E-state index in [0.717, 1.165) is 12.1 Å². The smallest absolute Gasteiger partial charge is 0.418 e. The molecule has 0 aliphatic carbocycles. The van der Waals surface area contributed by atoms with Crippen molar-refractivity contribution in [1.82, 2.24) is 0 Å². The number of hydrogen-bond donors (Lipinski definition) is 2. The van der Waals surface area contributed by atoms with Crippen LogP contribution in [0.5, 0.6) is 0 Å². The van der Waals surface area contributed by atoms with Crippen molar-refractivity contribution in [3.8, 4) is 0 Å². The SMILES string of the molecule is O=C(O)CCC(=O)Nc1ccc(Br)cc1C(F)(F)F. The maximum Gasteiger partial charge on any atom is 0.418 e. The number of benzene rings is 1. The molecule has 1 aromatic carbocycles. The van der Waals surface area contributed by atoms with Gasteiger partial charge in [-0.15, -0.1) is 0 Å². The van der Waals surface area contributed by atoms with Gasteiger partial charge in [0.05, 0.1) is 17.7 Å². The van der Waals surface area contributed by atoms with Crippen molar-refractivity contribution >= 4 is 33.5 Å². The zero-order valence-corrected chi connectivity index (χ0v) is 11.0. The minimum absolute atomic E-state index is 0.225. The summed E-state index contributed by atoms with van der Waals surface area (Å²) in [4.78, 5) is 21.6.